The second-order valence-electron chi connectivity index (χ2n) is 5.22. The largest absolute Gasteiger partial charge is 0.478 e. The molecule has 0 bridgehead atoms. The molecule has 2 aromatic carbocycles. The number of hydrogen-bond acceptors (Lipinski definition) is 4. The summed E-state index contributed by atoms with van der Waals surface area (Å²) in [5, 5.41) is 9.09. The van der Waals surface area contributed by atoms with Crippen molar-refractivity contribution in [3.05, 3.63) is 71.9 Å². The number of carboxylic acids is 1. The molecule has 0 spiro atoms. The Hall–Kier alpha value is -3.28. The molecule has 0 aliphatic carbocycles. The Labute approximate surface area is 146 Å². The fourth-order valence-corrected chi connectivity index (χ4v) is 2.32. The highest BCUT2D eigenvalue weighted by molar-refractivity contribution is 5.96. The average Bonchev–Trinajstić information content (AvgIpc) is 2.62. The number of benzene rings is 2. The molecule has 0 aliphatic rings. The Morgan fingerprint density at radius 2 is 1.48 bits per heavy atom. The average molecular weight is 340 g/mol. The topological polar surface area (TPSA) is 92.9 Å². The summed E-state index contributed by atoms with van der Waals surface area (Å²) < 4.78 is 5.25. The first-order valence-corrected chi connectivity index (χ1v) is 7.82. The smallest absolute Gasteiger partial charge is 0.419 e. The van der Waals surface area contributed by atoms with Crippen molar-refractivity contribution in [1.29, 1.82) is 0 Å². The molecule has 0 radical (unpaired) electrons. The molecule has 1 amide bonds. The Morgan fingerprint density at radius 3 is 1.88 bits per heavy atom. The van der Waals surface area contributed by atoms with Gasteiger partial charge in [-0.2, -0.15) is 0 Å². The standard InChI is InChI=1S/C19H20N2O4/c1-2-16(18(22)23)17(20)13-25-19(24)21(14-9-5-3-6-10-14)15-11-7-4-8-12-15/h3-12H,2,13,20H2,1H3,(H,22,23). The highest BCUT2D eigenvalue weighted by Crippen LogP contribution is 2.25. The molecular weight excluding hydrogens is 320 g/mol. The van der Waals surface area contributed by atoms with Crippen molar-refractivity contribution < 1.29 is 19.4 Å². The highest BCUT2D eigenvalue weighted by atomic mass is 16.6. The number of para-hydroxylation sites is 2. The molecule has 2 rings (SSSR count). The molecule has 0 aromatic heterocycles. The number of carbonyl (C=O) groups is 2. The molecule has 0 aliphatic heterocycles. The van der Waals surface area contributed by atoms with Crippen LogP contribution in [0.1, 0.15) is 13.3 Å². The van der Waals surface area contributed by atoms with E-state index in [0.717, 1.165) is 0 Å². The maximum Gasteiger partial charge on any atom is 0.419 e. The molecule has 130 valence electrons. The number of ether oxygens (including phenoxy) is 1. The Balaban J connectivity index is 2.24. The lowest BCUT2D eigenvalue weighted by molar-refractivity contribution is -0.132. The van der Waals surface area contributed by atoms with Crippen LogP contribution in [0.4, 0.5) is 16.2 Å². The molecular formula is C19H20N2O4. The number of carbonyl (C=O) groups excluding carboxylic acids is 1. The van der Waals surface area contributed by atoms with Crippen LogP contribution in [-0.4, -0.2) is 23.8 Å². The van der Waals surface area contributed by atoms with E-state index in [2.05, 4.69) is 0 Å². The van der Waals surface area contributed by atoms with Gasteiger partial charge in [-0.25, -0.2) is 14.5 Å². The summed E-state index contributed by atoms with van der Waals surface area (Å²) in [5.74, 6) is -1.11. The number of nitrogens with zero attached hydrogens (tertiary/aromatic N) is 1. The molecule has 0 atom stereocenters. The third kappa shape index (κ3) is 4.60. The maximum absolute atomic E-state index is 12.6. The molecule has 0 heterocycles. The van der Waals surface area contributed by atoms with Crippen molar-refractivity contribution in [3.8, 4) is 0 Å². The van der Waals surface area contributed by atoms with Gasteiger partial charge in [0.25, 0.3) is 0 Å². The van der Waals surface area contributed by atoms with E-state index in [1.807, 2.05) is 36.4 Å². The van der Waals surface area contributed by atoms with E-state index in [1.165, 1.54) is 4.90 Å². The van der Waals surface area contributed by atoms with Crippen LogP contribution in [0.3, 0.4) is 0 Å². The summed E-state index contributed by atoms with van der Waals surface area (Å²) in [4.78, 5) is 25.1. The second kappa shape index (κ2) is 8.54. The van der Waals surface area contributed by atoms with Gasteiger partial charge < -0.3 is 15.6 Å². The lowest BCUT2D eigenvalue weighted by atomic mass is 10.1. The van der Waals surface area contributed by atoms with Crippen molar-refractivity contribution in [3.63, 3.8) is 0 Å². The van der Waals surface area contributed by atoms with Crippen molar-refractivity contribution in [2.24, 2.45) is 5.73 Å². The summed E-state index contributed by atoms with van der Waals surface area (Å²) in [6.45, 7) is 1.39. The predicted molar refractivity (Wildman–Crippen MR) is 95.5 cm³/mol. The van der Waals surface area contributed by atoms with Crippen LogP contribution in [0.25, 0.3) is 0 Å². The fourth-order valence-electron chi connectivity index (χ4n) is 2.32. The minimum absolute atomic E-state index is 0.0319. The minimum Gasteiger partial charge on any atom is -0.478 e. The van der Waals surface area contributed by atoms with E-state index in [4.69, 9.17) is 15.6 Å². The molecule has 0 saturated heterocycles. The van der Waals surface area contributed by atoms with Crippen LogP contribution in [0.15, 0.2) is 71.9 Å². The number of amides is 1. The van der Waals surface area contributed by atoms with Gasteiger partial charge in [-0.3, -0.25) is 0 Å². The van der Waals surface area contributed by atoms with Crippen molar-refractivity contribution in [1.82, 2.24) is 0 Å². The molecule has 2 aromatic rings. The van der Waals surface area contributed by atoms with Crippen LogP contribution in [0, 0.1) is 0 Å². The van der Waals surface area contributed by atoms with Crippen molar-refractivity contribution in [2.75, 3.05) is 11.5 Å². The summed E-state index contributed by atoms with van der Waals surface area (Å²) >= 11 is 0. The van der Waals surface area contributed by atoms with Crippen LogP contribution in [0.5, 0.6) is 0 Å². The summed E-state index contributed by atoms with van der Waals surface area (Å²) in [6.07, 6.45) is -0.388. The van der Waals surface area contributed by atoms with Gasteiger partial charge >= 0.3 is 12.1 Å². The van der Waals surface area contributed by atoms with Crippen molar-refractivity contribution in [2.45, 2.75) is 13.3 Å². The third-order valence-electron chi connectivity index (χ3n) is 3.56. The zero-order chi connectivity index (χ0) is 18.2. The Bertz CT molecular complexity index is 718. The number of nitrogens with two attached hydrogens (primary N) is 1. The normalized spacial score (nSPS) is 11.4. The van der Waals surface area contributed by atoms with Crippen LogP contribution in [0.2, 0.25) is 0 Å². The SMILES string of the molecule is CCC(C(=O)O)=C(N)COC(=O)N(c1ccccc1)c1ccccc1. The molecule has 0 saturated carbocycles. The molecule has 0 unspecified atom stereocenters. The zero-order valence-corrected chi connectivity index (χ0v) is 13.9. The van der Waals surface area contributed by atoms with Gasteiger partial charge in [0.1, 0.15) is 6.61 Å². The Kier molecular flexibility index (Phi) is 6.17. The van der Waals surface area contributed by atoms with Crippen LogP contribution >= 0.6 is 0 Å². The van der Waals surface area contributed by atoms with Gasteiger partial charge in [-0.05, 0) is 30.7 Å². The molecule has 0 fully saturated rings. The summed E-state index contributed by atoms with van der Waals surface area (Å²) in [5.41, 5.74) is 7.10. The van der Waals surface area contributed by atoms with Gasteiger partial charge in [0, 0.05) is 0 Å². The monoisotopic (exact) mass is 340 g/mol. The molecule has 6 nitrogen and oxygen atoms in total. The van der Waals surface area contributed by atoms with Gasteiger partial charge in [0.15, 0.2) is 0 Å². The first-order chi connectivity index (χ1) is 12.0. The maximum atomic E-state index is 12.6. The molecule has 3 N–H and O–H groups in total. The van der Waals surface area contributed by atoms with Crippen molar-refractivity contribution >= 4 is 23.4 Å². The first kappa shape index (κ1) is 18.1. The Morgan fingerprint density at radius 1 is 1.00 bits per heavy atom. The predicted octanol–water partition coefficient (Wildman–Crippen LogP) is 3.67. The minimum atomic E-state index is -1.11. The first-order valence-electron chi connectivity index (χ1n) is 7.82. The fraction of sp³-hybridized carbons (Fsp3) is 0.158. The van der Waals surface area contributed by atoms with E-state index in [9.17, 15) is 9.59 Å². The van der Waals surface area contributed by atoms with E-state index in [0.29, 0.717) is 11.4 Å². The number of rotatable bonds is 6. The third-order valence-corrected chi connectivity index (χ3v) is 3.56. The number of aliphatic carboxylic acids is 1. The van der Waals surface area contributed by atoms with Crippen LogP contribution < -0.4 is 10.6 Å². The quantitative estimate of drug-likeness (QED) is 0.783. The van der Waals surface area contributed by atoms with Gasteiger partial charge in [-0.1, -0.05) is 43.3 Å². The highest BCUT2D eigenvalue weighted by Gasteiger charge is 2.20. The number of carboxylic acid groups (broad SMARTS) is 1. The van der Waals surface area contributed by atoms with Gasteiger partial charge in [-0.15, -0.1) is 0 Å². The lowest BCUT2D eigenvalue weighted by Crippen LogP contribution is -2.28. The van der Waals surface area contributed by atoms with Gasteiger partial charge in [0.05, 0.1) is 22.6 Å². The van der Waals surface area contributed by atoms with Gasteiger partial charge in [0.2, 0.25) is 0 Å². The molecule has 25 heavy (non-hydrogen) atoms. The second-order valence-corrected chi connectivity index (χ2v) is 5.22. The van der Waals surface area contributed by atoms with E-state index >= 15 is 0 Å². The number of anilines is 2. The lowest BCUT2D eigenvalue weighted by Gasteiger charge is -2.22. The zero-order valence-electron chi connectivity index (χ0n) is 13.9. The molecule has 6 heteroatoms. The summed E-state index contributed by atoms with van der Waals surface area (Å²) in [7, 11) is 0. The van der Waals surface area contributed by atoms with Crippen LogP contribution in [-0.2, 0) is 9.53 Å². The van der Waals surface area contributed by atoms with E-state index < -0.39 is 12.1 Å². The van der Waals surface area contributed by atoms with E-state index in [-0.39, 0.29) is 24.3 Å². The summed E-state index contributed by atoms with van der Waals surface area (Å²) in [6, 6.07) is 18.1. The number of hydrogen-bond donors (Lipinski definition) is 2. The van der Waals surface area contributed by atoms with E-state index in [1.54, 1.807) is 31.2 Å².